The van der Waals surface area contributed by atoms with Crippen LogP contribution in [0.5, 0.6) is 11.5 Å². The second kappa shape index (κ2) is 10.7. The maximum atomic E-state index is 12.7. The number of carbonyl (C=O) groups is 3. The lowest BCUT2D eigenvalue weighted by molar-refractivity contribution is 0.0849. The van der Waals surface area contributed by atoms with Crippen molar-refractivity contribution in [2.45, 2.75) is 6.92 Å². The van der Waals surface area contributed by atoms with Crippen molar-refractivity contribution in [2.24, 2.45) is 0 Å². The molecule has 0 atom stereocenters. The molecule has 0 bridgehead atoms. The summed E-state index contributed by atoms with van der Waals surface area (Å²) in [7, 11) is 3.03. The van der Waals surface area contributed by atoms with Crippen molar-refractivity contribution in [3.63, 3.8) is 0 Å². The fraction of sp³-hybridized carbons (Fsp3) is 0.115. The second-order valence-corrected chi connectivity index (χ2v) is 9.18. The first-order valence-corrected chi connectivity index (χ1v) is 11.9. The fourth-order valence-corrected chi connectivity index (χ4v) is 4.81. The molecule has 10 heteroatoms. The van der Waals surface area contributed by atoms with Crippen LogP contribution in [0.15, 0.2) is 60.7 Å². The molecule has 0 saturated heterocycles. The summed E-state index contributed by atoms with van der Waals surface area (Å²) in [6, 6.07) is 16.9. The van der Waals surface area contributed by atoms with E-state index in [0.29, 0.717) is 33.7 Å². The molecule has 0 aliphatic heterocycles. The topological polar surface area (TPSA) is 106 Å². The standard InChI is InChI=1S/C26H22ClN3O5S/c1-14-4-6-15(7-5-14)24(31)28-17-10-8-16(9-11-17)25(32)29-30-26(33)23-22(27)18-12-19(34-2)20(35-3)13-21(18)36-23/h4-13H,1-3H3,(H,28,31)(H,29,32)(H,30,33). The molecule has 36 heavy (non-hydrogen) atoms. The summed E-state index contributed by atoms with van der Waals surface area (Å²) in [4.78, 5) is 37.8. The van der Waals surface area contributed by atoms with Crippen molar-refractivity contribution in [1.29, 1.82) is 0 Å². The Hall–Kier alpha value is -4.08. The van der Waals surface area contributed by atoms with E-state index in [0.717, 1.165) is 21.6 Å². The lowest BCUT2D eigenvalue weighted by atomic mass is 10.1. The van der Waals surface area contributed by atoms with E-state index in [9.17, 15) is 14.4 Å². The quantitative estimate of drug-likeness (QED) is 0.301. The number of halogens is 1. The van der Waals surface area contributed by atoms with Gasteiger partial charge in [-0.1, -0.05) is 29.3 Å². The highest BCUT2D eigenvalue weighted by atomic mass is 35.5. The van der Waals surface area contributed by atoms with E-state index in [1.165, 1.54) is 26.4 Å². The van der Waals surface area contributed by atoms with Gasteiger partial charge in [0.25, 0.3) is 17.7 Å². The zero-order valence-corrected chi connectivity index (χ0v) is 21.2. The lowest BCUT2D eigenvalue weighted by Gasteiger charge is -2.09. The molecule has 0 aliphatic rings. The first-order valence-electron chi connectivity index (χ1n) is 10.7. The third-order valence-corrected chi connectivity index (χ3v) is 7.00. The number of amides is 3. The number of thiophene rings is 1. The minimum Gasteiger partial charge on any atom is -0.493 e. The van der Waals surface area contributed by atoms with Crippen LogP contribution in [0.4, 0.5) is 5.69 Å². The molecule has 0 radical (unpaired) electrons. The summed E-state index contributed by atoms with van der Waals surface area (Å²) in [5.74, 6) is -0.338. The number of benzene rings is 3. The SMILES string of the molecule is COc1cc2sc(C(=O)NNC(=O)c3ccc(NC(=O)c4ccc(C)cc4)cc3)c(Cl)c2cc1OC. The number of aryl methyl sites for hydroxylation is 1. The molecule has 0 spiro atoms. The molecule has 184 valence electrons. The Morgan fingerprint density at radius 2 is 1.33 bits per heavy atom. The average Bonchev–Trinajstić information content (AvgIpc) is 3.22. The predicted octanol–water partition coefficient (Wildman–Crippen LogP) is 5.21. The Morgan fingerprint density at radius 1 is 0.778 bits per heavy atom. The van der Waals surface area contributed by atoms with E-state index in [4.69, 9.17) is 21.1 Å². The molecule has 0 aliphatic carbocycles. The number of methoxy groups -OCH3 is 2. The van der Waals surface area contributed by atoms with Crippen molar-refractivity contribution in [1.82, 2.24) is 10.9 Å². The third-order valence-electron chi connectivity index (χ3n) is 5.35. The average molecular weight is 524 g/mol. The number of hydrogen-bond donors (Lipinski definition) is 3. The lowest BCUT2D eigenvalue weighted by Crippen LogP contribution is -2.41. The fourth-order valence-electron chi connectivity index (χ4n) is 3.40. The molecular formula is C26H22ClN3O5S. The minimum atomic E-state index is -0.561. The van der Waals surface area contributed by atoms with Crippen molar-refractivity contribution in [2.75, 3.05) is 19.5 Å². The van der Waals surface area contributed by atoms with E-state index in [-0.39, 0.29) is 15.8 Å². The molecule has 4 aromatic rings. The number of ether oxygens (including phenoxy) is 2. The van der Waals surface area contributed by atoms with Crippen LogP contribution in [0.2, 0.25) is 5.02 Å². The molecule has 3 amide bonds. The summed E-state index contributed by atoms with van der Waals surface area (Å²) in [5.41, 5.74) is 7.17. The molecule has 0 unspecified atom stereocenters. The van der Waals surface area contributed by atoms with Crippen LogP contribution in [0, 0.1) is 6.92 Å². The highest BCUT2D eigenvalue weighted by molar-refractivity contribution is 7.21. The molecule has 1 heterocycles. The van der Waals surface area contributed by atoms with Gasteiger partial charge in [-0.3, -0.25) is 25.2 Å². The number of nitrogens with one attached hydrogen (secondary N) is 3. The van der Waals surface area contributed by atoms with Gasteiger partial charge in [0.05, 0.1) is 19.2 Å². The Balaban J connectivity index is 1.39. The summed E-state index contributed by atoms with van der Waals surface area (Å²) in [5, 5.41) is 3.66. The van der Waals surface area contributed by atoms with Gasteiger partial charge in [0.2, 0.25) is 0 Å². The summed E-state index contributed by atoms with van der Waals surface area (Å²) >= 11 is 7.59. The molecule has 0 fully saturated rings. The van der Waals surface area contributed by atoms with Crippen molar-refractivity contribution in [3.8, 4) is 11.5 Å². The zero-order valence-electron chi connectivity index (χ0n) is 19.6. The van der Waals surface area contributed by atoms with Gasteiger partial charge in [-0.25, -0.2) is 0 Å². The van der Waals surface area contributed by atoms with Crippen LogP contribution < -0.4 is 25.6 Å². The maximum Gasteiger partial charge on any atom is 0.281 e. The van der Waals surface area contributed by atoms with E-state index in [2.05, 4.69) is 16.2 Å². The van der Waals surface area contributed by atoms with Gasteiger partial charge >= 0.3 is 0 Å². The Labute approximate surface area is 216 Å². The van der Waals surface area contributed by atoms with E-state index in [1.54, 1.807) is 36.4 Å². The second-order valence-electron chi connectivity index (χ2n) is 7.75. The molecule has 3 aromatic carbocycles. The summed E-state index contributed by atoms with van der Waals surface area (Å²) in [6.07, 6.45) is 0. The largest absolute Gasteiger partial charge is 0.493 e. The maximum absolute atomic E-state index is 12.7. The van der Waals surface area contributed by atoms with Crippen LogP contribution in [-0.4, -0.2) is 31.9 Å². The number of hydrogen-bond acceptors (Lipinski definition) is 6. The van der Waals surface area contributed by atoms with Crippen molar-refractivity contribution >= 4 is 56.4 Å². The number of rotatable bonds is 6. The van der Waals surface area contributed by atoms with E-state index >= 15 is 0 Å². The zero-order chi connectivity index (χ0) is 25.8. The first kappa shape index (κ1) is 25.0. The van der Waals surface area contributed by atoms with E-state index < -0.39 is 11.8 Å². The molecular weight excluding hydrogens is 502 g/mol. The van der Waals surface area contributed by atoms with E-state index in [1.807, 2.05) is 19.1 Å². The number of hydrazine groups is 1. The monoisotopic (exact) mass is 523 g/mol. The van der Waals surface area contributed by atoms with Gasteiger partial charge in [0, 0.05) is 33.0 Å². The third kappa shape index (κ3) is 5.27. The van der Waals surface area contributed by atoms with Crippen LogP contribution in [0.25, 0.3) is 10.1 Å². The summed E-state index contributed by atoms with van der Waals surface area (Å²) in [6.45, 7) is 1.94. The molecule has 3 N–H and O–H groups in total. The van der Waals surface area contributed by atoms with Gasteiger partial charge in [-0.2, -0.15) is 0 Å². The Bertz CT molecular complexity index is 1450. The molecule has 1 aromatic heterocycles. The van der Waals surface area contributed by atoms with Crippen LogP contribution in [0.3, 0.4) is 0 Å². The van der Waals surface area contributed by atoms with Gasteiger partial charge < -0.3 is 14.8 Å². The summed E-state index contributed by atoms with van der Waals surface area (Å²) < 4.78 is 11.3. The predicted molar refractivity (Wildman–Crippen MR) is 140 cm³/mol. The highest BCUT2D eigenvalue weighted by Gasteiger charge is 2.20. The molecule has 4 rings (SSSR count). The number of fused-ring (bicyclic) bond motifs is 1. The van der Waals surface area contributed by atoms with Crippen LogP contribution >= 0.6 is 22.9 Å². The smallest absolute Gasteiger partial charge is 0.281 e. The van der Waals surface area contributed by atoms with Crippen molar-refractivity contribution in [3.05, 3.63) is 87.3 Å². The van der Waals surface area contributed by atoms with Crippen molar-refractivity contribution < 1.29 is 23.9 Å². The van der Waals surface area contributed by atoms with Crippen LogP contribution in [0.1, 0.15) is 36.0 Å². The Morgan fingerprint density at radius 3 is 1.97 bits per heavy atom. The minimum absolute atomic E-state index is 0.233. The number of carbonyl (C=O) groups excluding carboxylic acids is 3. The molecule has 0 saturated carbocycles. The number of anilines is 1. The van der Waals surface area contributed by atoms with Gasteiger partial charge in [-0.05, 0) is 49.4 Å². The van der Waals surface area contributed by atoms with Gasteiger partial charge in [0.15, 0.2) is 11.5 Å². The van der Waals surface area contributed by atoms with Gasteiger partial charge in [-0.15, -0.1) is 11.3 Å². The Kier molecular flexibility index (Phi) is 7.42. The van der Waals surface area contributed by atoms with Gasteiger partial charge in [0.1, 0.15) is 4.88 Å². The first-order chi connectivity index (χ1) is 17.3. The highest BCUT2D eigenvalue weighted by Crippen LogP contribution is 2.41. The normalized spacial score (nSPS) is 10.6. The van der Waals surface area contributed by atoms with Crippen LogP contribution in [-0.2, 0) is 0 Å². The molecule has 8 nitrogen and oxygen atoms in total.